The molecule has 3 rings (SSSR count). The van der Waals surface area contributed by atoms with E-state index in [1.54, 1.807) is 24.4 Å². The number of rotatable bonds is 6. The number of hydrogen-bond acceptors (Lipinski definition) is 5. The van der Waals surface area contributed by atoms with Crippen molar-refractivity contribution in [2.45, 2.75) is 18.4 Å². The van der Waals surface area contributed by atoms with E-state index >= 15 is 0 Å². The number of sulfonamides is 1. The van der Waals surface area contributed by atoms with Crippen molar-refractivity contribution in [3.8, 4) is 0 Å². The topological polar surface area (TPSA) is 66.9 Å². The van der Waals surface area contributed by atoms with Crippen LogP contribution in [0.15, 0.2) is 40.6 Å². The molecule has 0 unspecified atom stereocenters. The summed E-state index contributed by atoms with van der Waals surface area (Å²) < 4.78 is 45.9. The van der Waals surface area contributed by atoms with Gasteiger partial charge in [0, 0.05) is 26.2 Å². The maximum absolute atomic E-state index is 13.4. The van der Waals surface area contributed by atoms with E-state index in [0.717, 1.165) is 11.3 Å². The largest absolute Gasteiger partial charge is 0.379 e. The second-order valence-corrected chi connectivity index (χ2v) is 8.90. The molecule has 1 aliphatic rings. The van der Waals surface area contributed by atoms with E-state index in [2.05, 4.69) is 0 Å². The minimum absolute atomic E-state index is 0.0251. The molecule has 1 amide bonds. The van der Waals surface area contributed by atoms with Crippen LogP contribution in [0, 0.1) is 5.82 Å². The van der Waals surface area contributed by atoms with Crippen LogP contribution < -0.4 is 0 Å². The Hall–Kier alpha value is -1.81. The Morgan fingerprint density at radius 3 is 2.70 bits per heavy atom. The fraction of sp³-hybridized carbons (Fsp3) is 0.389. The molecule has 2 aromatic rings. The molecule has 1 saturated heterocycles. The zero-order valence-electron chi connectivity index (χ0n) is 14.9. The van der Waals surface area contributed by atoms with E-state index in [4.69, 9.17) is 4.74 Å². The normalized spacial score (nSPS) is 15.6. The molecule has 1 fully saturated rings. The van der Waals surface area contributed by atoms with Crippen molar-refractivity contribution < 1.29 is 22.3 Å². The molecule has 0 N–H and O–H groups in total. The van der Waals surface area contributed by atoms with Gasteiger partial charge in [0.1, 0.15) is 15.6 Å². The molecule has 146 valence electrons. The Morgan fingerprint density at radius 2 is 2.04 bits per heavy atom. The number of ether oxygens (including phenoxy) is 1. The zero-order chi connectivity index (χ0) is 19.4. The van der Waals surface area contributed by atoms with Gasteiger partial charge in [0.05, 0.1) is 13.2 Å². The SMILES string of the molecule is CCN(Cc1cccc(F)c1)C(=O)c1sccc1S(=O)(=O)N1CCOCC1. The highest BCUT2D eigenvalue weighted by Crippen LogP contribution is 2.27. The second-order valence-electron chi connectivity index (χ2n) is 6.08. The Morgan fingerprint density at radius 1 is 1.30 bits per heavy atom. The number of carbonyl (C=O) groups excluding carboxylic acids is 1. The number of carbonyl (C=O) groups is 1. The van der Waals surface area contributed by atoms with Gasteiger partial charge in [-0.3, -0.25) is 4.79 Å². The summed E-state index contributed by atoms with van der Waals surface area (Å²) in [6, 6.07) is 7.50. The first-order valence-corrected chi connectivity index (χ1v) is 10.9. The molecular weight excluding hydrogens is 391 g/mol. The van der Waals surface area contributed by atoms with Crippen molar-refractivity contribution in [3.05, 3.63) is 52.0 Å². The van der Waals surface area contributed by atoms with Gasteiger partial charge in [0.15, 0.2) is 0 Å². The zero-order valence-corrected chi connectivity index (χ0v) is 16.6. The first kappa shape index (κ1) is 19.9. The van der Waals surface area contributed by atoms with Gasteiger partial charge >= 0.3 is 0 Å². The summed E-state index contributed by atoms with van der Waals surface area (Å²) in [5.74, 6) is -0.744. The van der Waals surface area contributed by atoms with Crippen molar-refractivity contribution in [1.29, 1.82) is 0 Å². The summed E-state index contributed by atoms with van der Waals surface area (Å²) in [5, 5.41) is 1.61. The number of thiophene rings is 1. The average Bonchev–Trinajstić information content (AvgIpc) is 3.17. The molecule has 6 nitrogen and oxygen atoms in total. The molecular formula is C18H21FN2O4S2. The van der Waals surface area contributed by atoms with Gasteiger partial charge in [-0.05, 0) is 36.1 Å². The van der Waals surface area contributed by atoms with Crippen molar-refractivity contribution in [2.75, 3.05) is 32.8 Å². The second kappa shape index (κ2) is 8.47. The lowest BCUT2D eigenvalue weighted by Crippen LogP contribution is -2.41. The van der Waals surface area contributed by atoms with Gasteiger partial charge in [0.25, 0.3) is 5.91 Å². The molecule has 0 spiro atoms. The third-order valence-electron chi connectivity index (χ3n) is 4.34. The van der Waals surface area contributed by atoms with Crippen molar-refractivity contribution in [3.63, 3.8) is 0 Å². The summed E-state index contributed by atoms with van der Waals surface area (Å²) >= 11 is 1.10. The fourth-order valence-electron chi connectivity index (χ4n) is 2.91. The predicted octanol–water partition coefficient (Wildman–Crippen LogP) is 2.57. The van der Waals surface area contributed by atoms with Gasteiger partial charge in [-0.15, -0.1) is 11.3 Å². The molecule has 0 saturated carbocycles. The number of benzene rings is 1. The molecule has 1 aromatic carbocycles. The molecule has 27 heavy (non-hydrogen) atoms. The maximum atomic E-state index is 13.4. The van der Waals surface area contributed by atoms with Crippen LogP contribution in [-0.4, -0.2) is 56.4 Å². The van der Waals surface area contributed by atoms with Crippen LogP contribution in [0.1, 0.15) is 22.2 Å². The van der Waals surface area contributed by atoms with E-state index in [-0.39, 0.29) is 41.1 Å². The van der Waals surface area contributed by atoms with Gasteiger partial charge in [-0.1, -0.05) is 12.1 Å². The summed E-state index contributed by atoms with van der Waals surface area (Å²) in [5.41, 5.74) is 0.652. The highest BCUT2D eigenvalue weighted by molar-refractivity contribution is 7.89. The Bertz CT molecular complexity index is 908. The van der Waals surface area contributed by atoms with Gasteiger partial charge in [-0.2, -0.15) is 4.31 Å². The van der Waals surface area contributed by atoms with Gasteiger partial charge < -0.3 is 9.64 Å². The molecule has 0 atom stereocenters. The molecule has 1 aromatic heterocycles. The maximum Gasteiger partial charge on any atom is 0.265 e. The van der Waals surface area contributed by atoms with Crippen LogP contribution in [0.4, 0.5) is 4.39 Å². The molecule has 9 heteroatoms. The van der Waals surface area contributed by atoms with Crippen LogP contribution in [0.2, 0.25) is 0 Å². The fourth-order valence-corrected chi connectivity index (χ4v) is 5.68. The Kier molecular flexibility index (Phi) is 6.25. The minimum Gasteiger partial charge on any atom is -0.379 e. The van der Waals surface area contributed by atoms with E-state index in [1.807, 2.05) is 0 Å². The van der Waals surface area contributed by atoms with Gasteiger partial charge in [-0.25, -0.2) is 12.8 Å². The minimum atomic E-state index is -3.76. The van der Waals surface area contributed by atoms with Gasteiger partial charge in [0.2, 0.25) is 10.0 Å². The predicted molar refractivity (Wildman–Crippen MR) is 101 cm³/mol. The summed E-state index contributed by atoms with van der Waals surface area (Å²) in [6.45, 7) is 3.62. The van der Waals surface area contributed by atoms with Crippen molar-refractivity contribution in [1.82, 2.24) is 9.21 Å². The third kappa shape index (κ3) is 4.37. The van der Waals surface area contributed by atoms with Crippen LogP contribution in [-0.2, 0) is 21.3 Å². The quantitative estimate of drug-likeness (QED) is 0.731. The molecule has 0 radical (unpaired) electrons. The molecule has 1 aliphatic heterocycles. The number of morpholine rings is 1. The van der Waals surface area contributed by atoms with Crippen LogP contribution in [0.5, 0.6) is 0 Å². The molecule has 0 bridgehead atoms. The van der Waals surface area contributed by atoms with E-state index in [0.29, 0.717) is 25.3 Å². The smallest absolute Gasteiger partial charge is 0.265 e. The Labute approximate surface area is 162 Å². The van der Waals surface area contributed by atoms with Crippen LogP contribution >= 0.6 is 11.3 Å². The number of halogens is 1. The standard InChI is InChI=1S/C18H21FN2O4S2/c1-2-20(13-14-4-3-5-15(19)12-14)18(22)17-16(6-11-26-17)27(23,24)21-7-9-25-10-8-21/h3-6,11-12H,2,7-10,13H2,1H3. The molecule has 2 heterocycles. The Balaban J connectivity index is 1.85. The van der Waals surface area contributed by atoms with Crippen molar-refractivity contribution >= 4 is 27.3 Å². The van der Waals surface area contributed by atoms with E-state index in [1.165, 1.54) is 27.4 Å². The van der Waals surface area contributed by atoms with E-state index < -0.39 is 10.0 Å². The number of hydrogen-bond donors (Lipinski definition) is 0. The first-order chi connectivity index (χ1) is 12.9. The van der Waals surface area contributed by atoms with Crippen LogP contribution in [0.3, 0.4) is 0 Å². The molecule has 0 aliphatic carbocycles. The lowest BCUT2D eigenvalue weighted by atomic mass is 10.2. The summed E-state index contributed by atoms with van der Waals surface area (Å²) in [6.07, 6.45) is 0. The third-order valence-corrected chi connectivity index (χ3v) is 7.32. The number of amides is 1. The highest BCUT2D eigenvalue weighted by atomic mass is 32.2. The highest BCUT2D eigenvalue weighted by Gasteiger charge is 2.32. The summed E-state index contributed by atoms with van der Waals surface area (Å²) in [7, 11) is -3.76. The van der Waals surface area contributed by atoms with E-state index in [9.17, 15) is 17.6 Å². The average molecular weight is 413 g/mol. The lowest BCUT2D eigenvalue weighted by Gasteiger charge is -2.26. The summed E-state index contributed by atoms with van der Waals surface area (Å²) in [4.78, 5) is 14.7. The monoisotopic (exact) mass is 412 g/mol. The van der Waals surface area contributed by atoms with Crippen LogP contribution in [0.25, 0.3) is 0 Å². The number of nitrogens with zero attached hydrogens (tertiary/aromatic N) is 2. The lowest BCUT2D eigenvalue weighted by molar-refractivity contribution is 0.0725. The first-order valence-electron chi connectivity index (χ1n) is 8.62. The van der Waals surface area contributed by atoms with Crippen molar-refractivity contribution in [2.24, 2.45) is 0 Å².